The molecule has 0 heterocycles. The van der Waals surface area contributed by atoms with Crippen molar-refractivity contribution in [1.82, 2.24) is 0 Å². The summed E-state index contributed by atoms with van der Waals surface area (Å²) < 4.78 is 4.61. The maximum absolute atomic E-state index is 8.77. The number of rotatable bonds is 4. The van der Waals surface area contributed by atoms with Gasteiger partial charge in [-0.25, -0.2) is 0 Å². The van der Waals surface area contributed by atoms with Gasteiger partial charge in [0.1, 0.15) is 6.40 Å². The van der Waals surface area contributed by atoms with E-state index in [0.29, 0.717) is 5.46 Å². The molecule has 1 rings (SSSR count). The van der Waals surface area contributed by atoms with E-state index in [9.17, 15) is 0 Å². The molecule has 1 radical (unpaired) electrons. The van der Waals surface area contributed by atoms with E-state index >= 15 is 0 Å². The summed E-state index contributed by atoms with van der Waals surface area (Å²) in [5.74, 6) is 0. The predicted octanol–water partition coefficient (Wildman–Crippen LogP) is -1.77. The summed E-state index contributed by atoms with van der Waals surface area (Å²) in [5.41, 5.74) is 1.18. The molecule has 0 unspecified atom stereocenters. The van der Waals surface area contributed by atoms with Crippen LogP contribution >= 0.6 is 0 Å². The zero-order chi connectivity index (χ0) is 9.68. The van der Waals surface area contributed by atoms with E-state index in [2.05, 4.69) is 4.65 Å². The van der Waals surface area contributed by atoms with Crippen LogP contribution in [0.25, 0.3) is 0 Å². The second-order valence-corrected chi connectivity index (χ2v) is 2.41. The Morgan fingerprint density at radius 3 is 2.38 bits per heavy atom. The van der Waals surface area contributed by atoms with Crippen molar-refractivity contribution in [3.05, 3.63) is 24.3 Å². The number of hydrogen-bond donors (Lipinski definition) is 3. The Hall–Kier alpha value is -1.26. The molecule has 4 nitrogen and oxygen atoms in total. The van der Waals surface area contributed by atoms with Crippen LogP contribution < -0.4 is 10.9 Å². The lowest BCUT2D eigenvalue weighted by Gasteiger charge is -2.00. The first-order valence-electron chi connectivity index (χ1n) is 3.68. The van der Waals surface area contributed by atoms with Gasteiger partial charge in [0.15, 0.2) is 0 Å². The van der Waals surface area contributed by atoms with E-state index in [4.69, 9.17) is 15.5 Å². The van der Waals surface area contributed by atoms with Crippen LogP contribution in [0.3, 0.4) is 0 Å². The van der Waals surface area contributed by atoms with Crippen molar-refractivity contribution in [3.8, 4) is 0 Å². The summed E-state index contributed by atoms with van der Waals surface area (Å²) in [4.78, 5) is 0. The van der Waals surface area contributed by atoms with Crippen LogP contribution in [-0.2, 0) is 4.65 Å². The van der Waals surface area contributed by atoms with Crippen LogP contribution in [0.5, 0.6) is 0 Å². The largest absolute Gasteiger partial charge is 0.550 e. The van der Waals surface area contributed by atoms with Crippen molar-refractivity contribution in [2.24, 2.45) is 0 Å². The lowest BCUT2D eigenvalue weighted by molar-refractivity contribution is 0.426. The first-order chi connectivity index (χ1) is 6.24. The molecule has 0 spiro atoms. The van der Waals surface area contributed by atoms with E-state index in [1.54, 1.807) is 24.3 Å². The standard InChI is InChI=1S/C7H8B2NO3/c10-5-13-8-6-1-3-7(4-2-6)9(11)12/h1-5,10-12H. The Morgan fingerprint density at radius 2 is 1.92 bits per heavy atom. The Bertz CT molecular complexity index is 276. The van der Waals surface area contributed by atoms with Crippen molar-refractivity contribution in [2.75, 3.05) is 0 Å². The number of benzene rings is 1. The van der Waals surface area contributed by atoms with E-state index in [1.165, 1.54) is 7.48 Å². The van der Waals surface area contributed by atoms with E-state index in [1.807, 2.05) is 0 Å². The minimum absolute atomic E-state index is 0.423. The topological polar surface area (TPSA) is 73.5 Å². The van der Waals surface area contributed by atoms with Crippen molar-refractivity contribution >= 4 is 31.9 Å². The summed E-state index contributed by atoms with van der Waals surface area (Å²) in [7, 11) is -0.0571. The van der Waals surface area contributed by atoms with Gasteiger partial charge in [0, 0.05) is 0 Å². The van der Waals surface area contributed by atoms with Gasteiger partial charge in [-0.15, -0.1) is 0 Å². The molecule has 0 aliphatic carbocycles. The van der Waals surface area contributed by atoms with Crippen molar-refractivity contribution in [2.45, 2.75) is 0 Å². The fourth-order valence-corrected chi connectivity index (χ4v) is 0.859. The van der Waals surface area contributed by atoms with Crippen LogP contribution in [0.1, 0.15) is 0 Å². The molecule has 0 aromatic heterocycles. The molecule has 0 atom stereocenters. The fourth-order valence-electron chi connectivity index (χ4n) is 0.859. The van der Waals surface area contributed by atoms with Gasteiger partial charge in [-0.3, -0.25) is 5.41 Å². The molecule has 1 aromatic rings. The molecule has 0 aliphatic rings. The smallest absolute Gasteiger partial charge is 0.488 e. The van der Waals surface area contributed by atoms with Gasteiger partial charge < -0.3 is 14.7 Å². The van der Waals surface area contributed by atoms with E-state index in [0.717, 1.165) is 11.9 Å². The van der Waals surface area contributed by atoms with Crippen molar-refractivity contribution < 1.29 is 14.7 Å². The highest BCUT2D eigenvalue weighted by Gasteiger charge is 2.09. The van der Waals surface area contributed by atoms with Crippen molar-refractivity contribution in [1.29, 1.82) is 5.41 Å². The summed E-state index contributed by atoms with van der Waals surface area (Å²) in [6.07, 6.45) is 0.814. The zero-order valence-corrected chi connectivity index (χ0v) is 6.84. The Morgan fingerprint density at radius 1 is 1.31 bits per heavy atom. The normalized spacial score (nSPS) is 9.08. The average molecular weight is 176 g/mol. The molecule has 6 heteroatoms. The van der Waals surface area contributed by atoms with E-state index < -0.39 is 7.12 Å². The maximum atomic E-state index is 8.77. The van der Waals surface area contributed by atoms with Crippen molar-refractivity contribution in [3.63, 3.8) is 0 Å². The van der Waals surface area contributed by atoms with Gasteiger partial charge in [0.05, 0.1) is 0 Å². The molecule has 13 heavy (non-hydrogen) atoms. The third-order valence-corrected chi connectivity index (χ3v) is 1.51. The molecule has 0 fully saturated rings. The molecule has 0 bridgehead atoms. The van der Waals surface area contributed by atoms with Gasteiger partial charge in [-0.2, -0.15) is 0 Å². The van der Waals surface area contributed by atoms with Crippen LogP contribution in [-0.4, -0.2) is 31.0 Å². The fraction of sp³-hybridized carbons (Fsp3) is 0. The highest BCUT2D eigenvalue weighted by Crippen LogP contribution is 1.82. The molecular weight excluding hydrogens is 168 g/mol. The highest BCUT2D eigenvalue weighted by atomic mass is 16.4. The minimum Gasteiger partial charge on any atom is -0.550 e. The van der Waals surface area contributed by atoms with Gasteiger partial charge >= 0.3 is 14.6 Å². The monoisotopic (exact) mass is 176 g/mol. The number of nitrogens with one attached hydrogen (secondary N) is 1. The summed E-state index contributed by atoms with van der Waals surface area (Å²) in [5, 5.41) is 24.1. The minimum atomic E-state index is -1.45. The maximum Gasteiger partial charge on any atom is 0.488 e. The second-order valence-electron chi connectivity index (χ2n) is 2.41. The van der Waals surface area contributed by atoms with Gasteiger partial charge in [-0.1, -0.05) is 24.3 Å². The van der Waals surface area contributed by atoms with Crippen LogP contribution in [0.4, 0.5) is 0 Å². The quantitative estimate of drug-likeness (QED) is 0.288. The Labute approximate surface area is 77.1 Å². The Kier molecular flexibility index (Phi) is 3.54. The highest BCUT2D eigenvalue weighted by molar-refractivity contribution is 6.59. The molecular formula is C7H8B2NO3. The molecule has 0 amide bonds. The first-order valence-corrected chi connectivity index (χ1v) is 3.68. The van der Waals surface area contributed by atoms with Gasteiger partial charge in [-0.05, 0) is 10.9 Å². The van der Waals surface area contributed by atoms with Gasteiger partial charge in [0.2, 0.25) is 0 Å². The van der Waals surface area contributed by atoms with Crippen LogP contribution in [0.15, 0.2) is 24.3 Å². The van der Waals surface area contributed by atoms with Crippen LogP contribution in [0, 0.1) is 5.41 Å². The molecule has 65 valence electrons. The molecule has 1 aromatic carbocycles. The lowest BCUT2D eigenvalue weighted by atomic mass is 9.77. The molecule has 0 saturated carbocycles. The molecule has 0 saturated heterocycles. The SMILES string of the molecule is N=CO[B]c1ccc(B(O)O)cc1. The van der Waals surface area contributed by atoms with Crippen LogP contribution in [0.2, 0.25) is 0 Å². The average Bonchev–Trinajstić information content (AvgIpc) is 2.15. The van der Waals surface area contributed by atoms with Gasteiger partial charge in [0.25, 0.3) is 0 Å². The molecule has 3 N–H and O–H groups in total. The summed E-state index contributed by atoms with van der Waals surface area (Å²) in [6, 6.07) is 6.48. The van der Waals surface area contributed by atoms with E-state index in [-0.39, 0.29) is 0 Å². The zero-order valence-electron chi connectivity index (χ0n) is 6.84. The molecule has 0 aliphatic heterocycles. The Balaban J connectivity index is 2.64. The first kappa shape index (κ1) is 9.83. The summed E-state index contributed by atoms with van der Waals surface area (Å²) in [6.45, 7) is 0. The number of hydrogen-bond acceptors (Lipinski definition) is 4. The predicted molar refractivity (Wildman–Crippen MR) is 51.5 cm³/mol. The third-order valence-electron chi connectivity index (χ3n) is 1.51. The second kappa shape index (κ2) is 4.69. The summed E-state index contributed by atoms with van der Waals surface area (Å²) >= 11 is 0. The third kappa shape index (κ3) is 2.93. The lowest BCUT2D eigenvalue weighted by Crippen LogP contribution is -2.31.